The normalized spacial score (nSPS) is 18.2. The molecule has 1 amide bonds. The smallest absolute Gasteiger partial charge is 0.295 e. The Balaban J connectivity index is 2.21. The number of likely N-dealkylation sites (tertiary alicyclic amines) is 1. The molecule has 0 unspecified atom stereocenters. The number of aliphatic hydroxyl groups excluding tert-OH is 1. The highest BCUT2D eigenvalue weighted by Gasteiger charge is 2.45. The molecule has 1 fully saturated rings. The van der Waals surface area contributed by atoms with E-state index in [0.29, 0.717) is 22.6 Å². The van der Waals surface area contributed by atoms with E-state index in [1.165, 1.54) is 19.1 Å². The van der Waals surface area contributed by atoms with Crippen molar-refractivity contribution in [3.63, 3.8) is 0 Å². The Kier molecular flexibility index (Phi) is 5.49. The van der Waals surface area contributed by atoms with Crippen LogP contribution in [0.4, 0.5) is 0 Å². The van der Waals surface area contributed by atoms with Crippen LogP contribution < -0.4 is 9.47 Å². The Morgan fingerprint density at radius 3 is 2.39 bits per heavy atom. The average molecular weight is 379 g/mol. The summed E-state index contributed by atoms with van der Waals surface area (Å²) in [6.07, 6.45) is 1.54. The number of hydrogen-bond acceptors (Lipinski definition) is 5. The second-order valence-corrected chi connectivity index (χ2v) is 6.22. The highest BCUT2D eigenvalue weighted by Crippen LogP contribution is 2.41. The monoisotopic (exact) mass is 379 g/mol. The number of carbonyl (C=O) groups is 2. The van der Waals surface area contributed by atoms with Crippen LogP contribution in [0.5, 0.6) is 11.5 Å². The van der Waals surface area contributed by atoms with Crippen LogP contribution in [0.15, 0.2) is 66.8 Å². The minimum atomic E-state index is -0.766. The maximum atomic E-state index is 12.8. The first-order valence-electron chi connectivity index (χ1n) is 8.70. The van der Waals surface area contributed by atoms with Crippen molar-refractivity contribution in [1.82, 2.24) is 4.90 Å². The van der Waals surface area contributed by atoms with Gasteiger partial charge in [0.05, 0.1) is 25.8 Å². The van der Waals surface area contributed by atoms with Gasteiger partial charge in [0.15, 0.2) is 11.5 Å². The van der Waals surface area contributed by atoms with Gasteiger partial charge in [-0.25, -0.2) is 0 Å². The zero-order chi connectivity index (χ0) is 20.3. The van der Waals surface area contributed by atoms with E-state index in [4.69, 9.17) is 9.47 Å². The topological polar surface area (TPSA) is 76.1 Å². The molecule has 1 aliphatic rings. The third kappa shape index (κ3) is 3.24. The summed E-state index contributed by atoms with van der Waals surface area (Å²) in [5.41, 5.74) is 1.12. The second-order valence-electron chi connectivity index (χ2n) is 6.22. The molecule has 3 rings (SSSR count). The number of Topliss-reactive ketones (excluding diaryl/α,β-unsaturated/α-hetero) is 1. The zero-order valence-electron chi connectivity index (χ0n) is 15.7. The summed E-state index contributed by atoms with van der Waals surface area (Å²) in [6.45, 7) is 3.83. The zero-order valence-corrected chi connectivity index (χ0v) is 15.7. The second kappa shape index (κ2) is 8.00. The molecule has 0 saturated carbocycles. The molecule has 1 atom stereocenters. The lowest BCUT2D eigenvalue weighted by Crippen LogP contribution is -2.29. The van der Waals surface area contributed by atoms with E-state index in [-0.39, 0.29) is 17.9 Å². The molecule has 0 bridgehead atoms. The molecule has 1 N–H and O–H groups in total. The van der Waals surface area contributed by atoms with Crippen LogP contribution in [-0.4, -0.2) is 42.5 Å². The number of nitrogens with zero attached hydrogens (tertiary/aromatic N) is 1. The summed E-state index contributed by atoms with van der Waals surface area (Å²) in [4.78, 5) is 26.8. The molecule has 2 aromatic carbocycles. The number of ether oxygens (including phenoxy) is 2. The number of ketones is 1. The van der Waals surface area contributed by atoms with E-state index in [1.807, 2.05) is 0 Å². The summed E-state index contributed by atoms with van der Waals surface area (Å²) < 4.78 is 10.6. The Morgan fingerprint density at radius 2 is 1.79 bits per heavy atom. The Hall–Kier alpha value is -3.54. The number of benzene rings is 2. The van der Waals surface area contributed by atoms with Crippen molar-refractivity contribution in [2.45, 2.75) is 6.04 Å². The molecule has 0 aromatic heterocycles. The number of methoxy groups -OCH3 is 2. The molecule has 144 valence electrons. The summed E-state index contributed by atoms with van der Waals surface area (Å²) >= 11 is 0. The predicted molar refractivity (Wildman–Crippen MR) is 105 cm³/mol. The molecule has 6 nitrogen and oxygen atoms in total. The Labute approximate surface area is 163 Å². The lowest BCUT2D eigenvalue weighted by atomic mass is 9.95. The average Bonchev–Trinajstić information content (AvgIpc) is 2.98. The van der Waals surface area contributed by atoms with Gasteiger partial charge in [-0.15, -0.1) is 6.58 Å². The van der Waals surface area contributed by atoms with Gasteiger partial charge in [-0.2, -0.15) is 0 Å². The number of amides is 1. The lowest BCUT2D eigenvalue weighted by molar-refractivity contribution is -0.139. The molecule has 2 aromatic rings. The van der Waals surface area contributed by atoms with Crippen LogP contribution in [-0.2, 0) is 9.59 Å². The third-order valence-electron chi connectivity index (χ3n) is 4.64. The largest absolute Gasteiger partial charge is 0.507 e. The number of carbonyl (C=O) groups excluding carboxylic acids is 2. The van der Waals surface area contributed by atoms with Crippen LogP contribution in [0.3, 0.4) is 0 Å². The molecular formula is C22H21NO5. The lowest BCUT2D eigenvalue weighted by Gasteiger charge is -2.24. The highest BCUT2D eigenvalue weighted by molar-refractivity contribution is 6.46. The minimum absolute atomic E-state index is 0.0327. The first kappa shape index (κ1) is 19.2. The van der Waals surface area contributed by atoms with Crippen LogP contribution in [0.1, 0.15) is 17.2 Å². The van der Waals surface area contributed by atoms with E-state index in [9.17, 15) is 14.7 Å². The van der Waals surface area contributed by atoms with Crippen LogP contribution in [0.2, 0.25) is 0 Å². The number of aliphatic hydroxyl groups is 1. The van der Waals surface area contributed by atoms with Gasteiger partial charge in [-0.1, -0.05) is 42.5 Å². The number of hydrogen-bond donors (Lipinski definition) is 1. The van der Waals surface area contributed by atoms with E-state index in [0.717, 1.165) is 0 Å². The summed E-state index contributed by atoms with van der Waals surface area (Å²) in [5.74, 6) is -0.649. The Morgan fingerprint density at radius 1 is 1.11 bits per heavy atom. The van der Waals surface area contributed by atoms with Gasteiger partial charge in [0.1, 0.15) is 5.76 Å². The van der Waals surface area contributed by atoms with Crippen LogP contribution >= 0.6 is 0 Å². The molecule has 28 heavy (non-hydrogen) atoms. The van der Waals surface area contributed by atoms with Gasteiger partial charge >= 0.3 is 0 Å². The Bertz CT molecular complexity index is 949. The first-order valence-corrected chi connectivity index (χ1v) is 8.70. The summed E-state index contributed by atoms with van der Waals surface area (Å²) in [6, 6.07) is 13.0. The van der Waals surface area contributed by atoms with Crippen molar-refractivity contribution >= 4 is 17.4 Å². The highest BCUT2D eigenvalue weighted by atomic mass is 16.5. The predicted octanol–water partition coefficient (Wildman–Crippen LogP) is 3.31. The molecule has 0 radical (unpaired) electrons. The maximum Gasteiger partial charge on any atom is 0.295 e. The molecule has 0 spiro atoms. The summed E-state index contributed by atoms with van der Waals surface area (Å²) in [5, 5.41) is 10.9. The fourth-order valence-electron chi connectivity index (χ4n) is 3.33. The molecule has 1 aliphatic heterocycles. The van der Waals surface area contributed by atoms with Crippen LogP contribution in [0, 0.1) is 0 Å². The van der Waals surface area contributed by atoms with E-state index < -0.39 is 17.7 Å². The van der Waals surface area contributed by atoms with Gasteiger partial charge in [-0.3, -0.25) is 9.59 Å². The quantitative estimate of drug-likeness (QED) is 0.361. The summed E-state index contributed by atoms with van der Waals surface area (Å²) in [7, 11) is 3.03. The fraction of sp³-hybridized carbons (Fsp3) is 0.182. The van der Waals surface area contributed by atoms with Crippen molar-refractivity contribution in [3.05, 3.63) is 77.9 Å². The molecule has 1 heterocycles. The van der Waals surface area contributed by atoms with Gasteiger partial charge < -0.3 is 19.5 Å². The van der Waals surface area contributed by atoms with Crippen molar-refractivity contribution < 1.29 is 24.2 Å². The fourth-order valence-corrected chi connectivity index (χ4v) is 3.33. The van der Waals surface area contributed by atoms with Gasteiger partial charge in [0, 0.05) is 12.1 Å². The minimum Gasteiger partial charge on any atom is -0.507 e. The third-order valence-corrected chi connectivity index (χ3v) is 4.64. The molecular weight excluding hydrogens is 358 g/mol. The standard InChI is InChI=1S/C22H21NO5/c1-4-12-23-19(15-10-11-16(27-2)17(13-15)28-3)18(21(25)22(23)26)20(24)14-8-6-5-7-9-14/h4-11,13,19,24H,1,12H2,2-3H3/b20-18+/t19-/m1/s1. The molecule has 1 saturated heterocycles. The van der Waals surface area contributed by atoms with E-state index >= 15 is 0 Å². The number of rotatable bonds is 6. The maximum absolute atomic E-state index is 12.8. The van der Waals surface area contributed by atoms with E-state index in [1.54, 1.807) is 54.6 Å². The van der Waals surface area contributed by atoms with Crippen molar-refractivity contribution in [2.75, 3.05) is 20.8 Å². The molecule has 6 heteroatoms. The van der Waals surface area contributed by atoms with Crippen LogP contribution in [0.25, 0.3) is 5.76 Å². The first-order chi connectivity index (χ1) is 13.5. The molecule has 0 aliphatic carbocycles. The SMILES string of the molecule is C=CCN1C(=O)C(=O)/C(=C(/O)c2ccccc2)[C@H]1c1ccc(OC)c(OC)c1. The van der Waals surface area contributed by atoms with Gasteiger partial charge in [0.25, 0.3) is 11.7 Å². The van der Waals surface area contributed by atoms with E-state index in [2.05, 4.69) is 6.58 Å². The van der Waals surface area contributed by atoms with Gasteiger partial charge in [0.2, 0.25) is 0 Å². The van der Waals surface area contributed by atoms with Crippen molar-refractivity contribution in [1.29, 1.82) is 0 Å². The van der Waals surface area contributed by atoms with Crippen molar-refractivity contribution in [3.8, 4) is 11.5 Å². The van der Waals surface area contributed by atoms with Gasteiger partial charge in [-0.05, 0) is 17.7 Å². The van der Waals surface area contributed by atoms with Crippen molar-refractivity contribution in [2.24, 2.45) is 0 Å².